The van der Waals surface area contributed by atoms with E-state index in [9.17, 15) is 28.5 Å². The quantitative estimate of drug-likeness (QED) is 0.574. The van der Waals surface area contributed by atoms with Crippen LogP contribution in [-0.4, -0.2) is 45.3 Å². The smallest absolute Gasteiger partial charge is 0.348 e. The number of nitrogens with one attached hydrogen (secondary N) is 1. The molecule has 1 aliphatic heterocycles. The molecule has 26 heavy (non-hydrogen) atoms. The third-order valence-corrected chi connectivity index (χ3v) is 5.36. The van der Waals surface area contributed by atoms with Crippen LogP contribution in [0, 0.1) is 6.92 Å². The summed E-state index contributed by atoms with van der Waals surface area (Å²) in [5.41, 5.74) is -0.988. The van der Waals surface area contributed by atoms with E-state index in [-0.39, 0.29) is 12.0 Å². The highest BCUT2D eigenvalue weighted by Gasteiger charge is 2.39. The number of hydrogen-bond acceptors (Lipinski definition) is 7. The molecule has 0 amide bonds. The fraction of sp³-hybridized carbons (Fsp3) is 0.538. The molecular formula is C13H20N2O9P2. The van der Waals surface area contributed by atoms with Crippen molar-refractivity contribution in [2.24, 2.45) is 0 Å². The van der Waals surface area contributed by atoms with Crippen LogP contribution in [0.3, 0.4) is 0 Å². The Morgan fingerprint density at radius 2 is 2.04 bits per heavy atom. The minimum atomic E-state index is -3.98. The SMILES string of the molecule is COP(=O)(O)/C=C/C1OC(n2cc(C)c(=O)[nH]c2=O)CC1OP(C)(=O)O. The molecule has 1 aliphatic rings. The Balaban J connectivity index is 2.34. The van der Waals surface area contributed by atoms with Gasteiger partial charge in [0.2, 0.25) is 0 Å². The number of aryl methyl sites for hydroxylation is 1. The zero-order chi connectivity index (χ0) is 19.7. The first-order chi connectivity index (χ1) is 11.9. The van der Waals surface area contributed by atoms with Crippen molar-refractivity contribution >= 4 is 15.2 Å². The van der Waals surface area contributed by atoms with Crippen LogP contribution >= 0.6 is 15.2 Å². The molecule has 1 aromatic rings. The van der Waals surface area contributed by atoms with Gasteiger partial charge in [0.15, 0.2) is 0 Å². The highest BCUT2D eigenvalue weighted by molar-refractivity contribution is 7.56. The summed E-state index contributed by atoms with van der Waals surface area (Å²) in [6.07, 6.45) is -0.394. The van der Waals surface area contributed by atoms with Gasteiger partial charge in [-0.1, -0.05) is 0 Å². The molecule has 1 aromatic heterocycles. The van der Waals surface area contributed by atoms with E-state index < -0.39 is 44.9 Å². The molecule has 0 saturated carbocycles. The molecule has 1 saturated heterocycles. The van der Waals surface area contributed by atoms with Crippen molar-refractivity contribution < 1.29 is 32.7 Å². The van der Waals surface area contributed by atoms with Gasteiger partial charge < -0.3 is 23.6 Å². The van der Waals surface area contributed by atoms with E-state index >= 15 is 0 Å². The summed E-state index contributed by atoms with van der Waals surface area (Å²) in [4.78, 5) is 44.5. The van der Waals surface area contributed by atoms with Crippen molar-refractivity contribution in [2.75, 3.05) is 13.8 Å². The van der Waals surface area contributed by atoms with Crippen LogP contribution in [0.15, 0.2) is 27.7 Å². The molecule has 2 heterocycles. The maximum atomic E-state index is 12.0. The van der Waals surface area contributed by atoms with Gasteiger partial charge in [-0.2, -0.15) is 0 Å². The maximum absolute atomic E-state index is 12.0. The molecular weight excluding hydrogens is 390 g/mol. The summed E-state index contributed by atoms with van der Waals surface area (Å²) in [6.45, 7) is 2.49. The average Bonchev–Trinajstić information content (AvgIpc) is 2.89. The van der Waals surface area contributed by atoms with E-state index in [2.05, 4.69) is 9.51 Å². The molecule has 1 fully saturated rings. The second-order valence-corrected chi connectivity index (χ2v) is 9.41. The van der Waals surface area contributed by atoms with Crippen LogP contribution < -0.4 is 11.2 Å². The predicted octanol–water partition coefficient (Wildman–Crippen LogP) is 0.678. The first kappa shape index (κ1) is 21.0. The van der Waals surface area contributed by atoms with E-state index in [0.29, 0.717) is 0 Å². The van der Waals surface area contributed by atoms with Gasteiger partial charge in [-0.25, -0.2) is 4.79 Å². The second kappa shape index (κ2) is 7.74. The Morgan fingerprint density at radius 3 is 2.62 bits per heavy atom. The molecule has 0 aromatic carbocycles. The Kier molecular flexibility index (Phi) is 6.24. The van der Waals surface area contributed by atoms with Gasteiger partial charge in [0, 0.05) is 37.8 Å². The number of nitrogens with zero attached hydrogens (tertiary/aromatic N) is 1. The Labute approximate surface area is 148 Å². The standard InChI is InChI=1S/C13H20N2O9P2/c1-8-7-15(13(17)14-12(8)16)11-6-10(24-25(3,18)19)9(23-11)4-5-26(20,21)22-2/h4-5,7,9-11H,6H2,1-3H3,(H,18,19)(H,20,21)(H,14,16,17)/b5-4+. The molecule has 3 N–H and O–H groups in total. The third kappa shape index (κ3) is 5.34. The van der Waals surface area contributed by atoms with Gasteiger partial charge >= 0.3 is 20.9 Å². The third-order valence-electron chi connectivity index (χ3n) is 3.63. The molecule has 146 valence electrons. The number of ether oxygens (including phenoxy) is 1. The zero-order valence-corrected chi connectivity index (χ0v) is 16.1. The lowest BCUT2D eigenvalue weighted by Gasteiger charge is -2.17. The monoisotopic (exact) mass is 410 g/mol. The minimum absolute atomic E-state index is 0.00149. The van der Waals surface area contributed by atoms with E-state index in [4.69, 9.17) is 9.26 Å². The lowest BCUT2D eigenvalue weighted by atomic mass is 10.2. The van der Waals surface area contributed by atoms with E-state index in [1.165, 1.54) is 19.2 Å². The number of hydrogen-bond donors (Lipinski definition) is 3. The number of rotatable bonds is 6. The largest absolute Gasteiger partial charge is 0.351 e. The van der Waals surface area contributed by atoms with Gasteiger partial charge in [-0.3, -0.25) is 23.5 Å². The summed E-state index contributed by atoms with van der Waals surface area (Å²) in [6, 6.07) is 0. The molecule has 0 radical (unpaired) electrons. The molecule has 5 unspecified atom stereocenters. The molecule has 0 spiro atoms. The number of aromatic amines is 1. The molecule has 2 rings (SSSR count). The van der Waals surface area contributed by atoms with Gasteiger partial charge in [0.05, 0.1) is 0 Å². The van der Waals surface area contributed by atoms with Crippen molar-refractivity contribution in [3.63, 3.8) is 0 Å². The topological polar surface area (TPSA) is 157 Å². The van der Waals surface area contributed by atoms with Crippen molar-refractivity contribution in [3.05, 3.63) is 44.5 Å². The first-order valence-electron chi connectivity index (χ1n) is 7.45. The van der Waals surface area contributed by atoms with Gasteiger partial charge in [-0.05, 0) is 13.0 Å². The van der Waals surface area contributed by atoms with Gasteiger partial charge in [0.1, 0.15) is 18.4 Å². The predicted molar refractivity (Wildman–Crippen MR) is 91.2 cm³/mol. The van der Waals surface area contributed by atoms with Crippen LogP contribution in [-0.2, 0) is 22.9 Å². The Hall–Kier alpha value is -1.32. The summed E-state index contributed by atoms with van der Waals surface area (Å²) in [5.74, 6) is 0.870. The molecule has 0 bridgehead atoms. The van der Waals surface area contributed by atoms with Gasteiger partial charge in [-0.15, -0.1) is 0 Å². The number of aromatic nitrogens is 2. The van der Waals surface area contributed by atoms with Crippen molar-refractivity contribution in [2.45, 2.75) is 31.8 Å². The Morgan fingerprint density at radius 1 is 1.38 bits per heavy atom. The second-order valence-electron chi connectivity index (χ2n) is 5.80. The van der Waals surface area contributed by atoms with E-state index in [0.717, 1.165) is 24.2 Å². The number of H-pyrrole nitrogens is 1. The molecule has 11 nitrogen and oxygen atoms in total. The van der Waals surface area contributed by atoms with E-state index in [1.54, 1.807) is 0 Å². The summed E-state index contributed by atoms with van der Waals surface area (Å²) < 4.78 is 39.4. The van der Waals surface area contributed by atoms with Crippen LogP contribution in [0.1, 0.15) is 18.2 Å². The summed E-state index contributed by atoms with van der Waals surface area (Å²) in [5, 5.41) is 0. The van der Waals surface area contributed by atoms with E-state index in [1.807, 2.05) is 0 Å². The zero-order valence-electron chi connectivity index (χ0n) is 14.3. The minimum Gasteiger partial charge on any atom is -0.348 e. The summed E-state index contributed by atoms with van der Waals surface area (Å²) in [7, 11) is -6.83. The molecule has 5 atom stereocenters. The van der Waals surface area contributed by atoms with Crippen LogP contribution in [0.5, 0.6) is 0 Å². The fourth-order valence-electron chi connectivity index (χ4n) is 2.41. The normalized spacial score (nSPS) is 28.1. The van der Waals surface area contributed by atoms with Gasteiger partial charge in [0.25, 0.3) is 5.56 Å². The maximum Gasteiger partial charge on any atom is 0.351 e. The highest BCUT2D eigenvalue weighted by atomic mass is 31.2. The lowest BCUT2D eigenvalue weighted by molar-refractivity contribution is 0.00691. The first-order valence-corrected chi connectivity index (χ1v) is 11.1. The van der Waals surface area contributed by atoms with Crippen molar-refractivity contribution in [1.82, 2.24) is 9.55 Å². The van der Waals surface area contributed by atoms with Crippen LogP contribution in [0.25, 0.3) is 0 Å². The van der Waals surface area contributed by atoms with Crippen LogP contribution in [0.4, 0.5) is 0 Å². The summed E-state index contributed by atoms with van der Waals surface area (Å²) >= 11 is 0. The molecule has 13 heteroatoms. The van der Waals surface area contributed by atoms with Crippen molar-refractivity contribution in [1.29, 1.82) is 0 Å². The lowest BCUT2D eigenvalue weighted by Crippen LogP contribution is -2.33. The Bertz CT molecular complexity index is 900. The van der Waals surface area contributed by atoms with Crippen molar-refractivity contribution in [3.8, 4) is 0 Å². The van der Waals surface area contributed by atoms with Crippen LogP contribution in [0.2, 0.25) is 0 Å². The molecule has 0 aliphatic carbocycles. The highest BCUT2D eigenvalue weighted by Crippen LogP contribution is 2.46. The fourth-order valence-corrected chi connectivity index (χ4v) is 3.63. The average molecular weight is 410 g/mol.